The molecular formula is C14H15FN4O2S. The summed E-state index contributed by atoms with van der Waals surface area (Å²) in [4.78, 5) is 30.1. The molecule has 0 bridgehead atoms. The number of nitrogens with zero attached hydrogens (tertiary/aromatic N) is 1. The van der Waals surface area contributed by atoms with Crippen molar-refractivity contribution in [2.45, 2.75) is 17.3 Å². The molecule has 2 rings (SSSR count). The lowest BCUT2D eigenvalue weighted by atomic mass is 10.2. The quantitative estimate of drug-likeness (QED) is 0.753. The number of imide groups is 1. The SMILES string of the molecule is CNC(=O)NC(=O)C(C)Sc1ncc(-c2ccc(F)cc2)[nH]1. The van der Waals surface area contributed by atoms with Crippen molar-refractivity contribution >= 4 is 23.7 Å². The van der Waals surface area contributed by atoms with Crippen molar-refractivity contribution in [2.75, 3.05) is 7.05 Å². The second-order valence-corrected chi connectivity index (χ2v) is 5.77. The van der Waals surface area contributed by atoms with Gasteiger partial charge in [-0.25, -0.2) is 14.2 Å². The van der Waals surface area contributed by atoms with Crippen molar-refractivity contribution in [1.29, 1.82) is 0 Å². The van der Waals surface area contributed by atoms with Crippen LogP contribution in [0.25, 0.3) is 11.3 Å². The van der Waals surface area contributed by atoms with Gasteiger partial charge in [0.15, 0.2) is 5.16 Å². The maximum absolute atomic E-state index is 12.9. The fourth-order valence-corrected chi connectivity index (χ4v) is 2.42. The summed E-state index contributed by atoms with van der Waals surface area (Å²) in [6.07, 6.45) is 1.61. The second kappa shape index (κ2) is 7.08. The van der Waals surface area contributed by atoms with Crippen molar-refractivity contribution in [3.63, 3.8) is 0 Å². The van der Waals surface area contributed by atoms with Gasteiger partial charge < -0.3 is 10.3 Å². The zero-order valence-corrected chi connectivity index (χ0v) is 12.8. The molecule has 0 aliphatic rings. The van der Waals surface area contributed by atoms with Crippen LogP contribution in [0.15, 0.2) is 35.6 Å². The van der Waals surface area contributed by atoms with Gasteiger partial charge in [0.1, 0.15) is 5.82 Å². The fourth-order valence-electron chi connectivity index (χ4n) is 1.64. The first kappa shape index (κ1) is 16.0. The minimum atomic E-state index is -0.552. The monoisotopic (exact) mass is 322 g/mol. The van der Waals surface area contributed by atoms with E-state index in [1.54, 1.807) is 25.3 Å². The molecule has 116 valence electrons. The maximum atomic E-state index is 12.9. The molecule has 22 heavy (non-hydrogen) atoms. The Morgan fingerprint density at radius 1 is 1.32 bits per heavy atom. The van der Waals surface area contributed by atoms with E-state index in [0.717, 1.165) is 11.3 Å². The van der Waals surface area contributed by atoms with E-state index in [9.17, 15) is 14.0 Å². The molecule has 6 nitrogen and oxygen atoms in total. The topological polar surface area (TPSA) is 86.9 Å². The number of aromatic amines is 1. The number of carbonyl (C=O) groups is 2. The van der Waals surface area contributed by atoms with Crippen LogP contribution in [0.5, 0.6) is 0 Å². The second-order valence-electron chi connectivity index (χ2n) is 4.44. The first-order valence-electron chi connectivity index (χ1n) is 6.49. The smallest absolute Gasteiger partial charge is 0.321 e. The number of benzene rings is 1. The van der Waals surface area contributed by atoms with Gasteiger partial charge in [-0.05, 0) is 36.8 Å². The van der Waals surface area contributed by atoms with Crippen molar-refractivity contribution in [3.05, 3.63) is 36.3 Å². The molecule has 0 fully saturated rings. The molecule has 1 atom stereocenters. The van der Waals surface area contributed by atoms with E-state index in [0.29, 0.717) is 5.16 Å². The summed E-state index contributed by atoms with van der Waals surface area (Å²) in [7, 11) is 1.43. The number of urea groups is 1. The normalized spacial score (nSPS) is 11.8. The number of amides is 3. The molecule has 1 aromatic heterocycles. The number of halogens is 1. The minimum absolute atomic E-state index is 0.308. The Bertz CT molecular complexity index is 672. The highest BCUT2D eigenvalue weighted by Crippen LogP contribution is 2.24. The fraction of sp³-hybridized carbons (Fsp3) is 0.214. The highest BCUT2D eigenvalue weighted by atomic mass is 32.2. The van der Waals surface area contributed by atoms with Crippen LogP contribution in [0.3, 0.4) is 0 Å². The van der Waals surface area contributed by atoms with Crippen LogP contribution >= 0.6 is 11.8 Å². The maximum Gasteiger partial charge on any atom is 0.321 e. The lowest BCUT2D eigenvalue weighted by Crippen LogP contribution is -2.41. The third-order valence-electron chi connectivity index (χ3n) is 2.83. The zero-order valence-electron chi connectivity index (χ0n) is 12.0. The van der Waals surface area contributed by atoms with E-state index in [1.165, 1.54) is 30.9 Å². The molecule has 0 spiro atoms. The van der Waals surface area contributed by atoms with Crippen LogP contribution in [0.2, 0.25) is 0 Å². The Kier molecular flexibility index (Phi) is 5.16. The van der Waals surface area contributed by atoms with Crippen LogP contribution in [0.1, 0.15) is 6.92 Å². The average molecular weight is 322 g/mol. The van der Waals surface area contributed by atoms with Gasteiger partial charge in [-0.1, -0.05) is 11.8 Å². The number of aromatic nitrogens is 2. The van der Waals surface area contributed by atoms with Gasteiger partial charge in [0.05, 0.1) is 17.1 Å². The Hall–Kier alpha value is -2.35. The number of H-pyrrole nitrogens is 1. The highest BCUT2D eigenvalue weighted by Gasteiger charge is 2.18. The van der Waals surface area contributed by atoms with Gasteiger partial charge in [-0.3, -0.25) is 10.1 Å². The zero-order chi connectivity index (χ0) is 16.1. The van der Waals surface area contributed by atoms with E-state index < -0.39 is 17.2 Å². The summed E-state index contributed by atoms with van der Waals surface area (Å²) in [5.74, 6) is -0.721. The number of thioether (sulfide) groups is 1. The molecular weight excluding hydrogens is 307 g/mol. The Balaban J connectivity index is 2.01. The molecule has 1 unspecified atom stereocenters. The van der Waals surface area contributed by atoms with Gasteiger partial charge >= 0.3 is 6.03 Å². The predicted octanol–water partition coefficient (Wildman–Crippen LogP) is 2.15. The average Bonchev–Trinajstić information content (AvgIpc) is 2.96. The minimum Gasteiger partial charge on any atom is -0.341 e. The molecule has 2 aromatic rings. The van der Waals surface area contributed by atoms with Crippen molar-refractivity contribution < 1.29 is 14.0 Å². The highest BCUT2D eigenvalue weighted by molar-refractivity contribution is 8.00. The van der Waals surface area contributed by atoms with Crippen molar-refractivity contribution in [3.8, 4) is 11.3 Å². The lowest BCUT2D eigenvalue weighted by molar-refractivity contribution is -0.119. The van der Waals surface area contributed by atoms with E-state index in [-0.39, 0.29) is 5.82 Å². The van der Waals surface area contributed by atoms with E-state index in [1.807, 2.05) is 0 Å². The summed E-state index contributed by atoms with van der Waals surface area (Å²) >= 11 is 1.19. The number of nitrogens with one attached hydrogen (secondary N) is 3. The number of hydrogen-bond donors (Lipinski definition) is 3. The van der Waals surface area contributed by atoms with Gasteiger partial charge in [0.25, 0.3) is 0 Å². The van der Waals surface area contributed by atoms with Crippen LogP contribution < -0.4 is 10.6 Å². The molecule has 1 aromatic carbocycles. The summed E-state index contributed by atoms with van der Waals surface area (Å²) in [5, 5.41) is 4.56. The third kappa shape index (κ3) is 4.08. The third-order valence-corrected chi connectivity index (χ3v) is 3.83. The standard InChI is InChI=1S/C14H15FN4O2S/c1-8(12(20)19-13(21)16-2)22-14-17-7-11(18-14)9-3-5-10(15)6-4-9/h3-8H,1-2H3,(H,17,18)(H2,16,19,20,21). The number of imidazole rings is 1. The lowest BCUT2D eigenvalue weighted by Gasteiger charge is -2.08. The van der Waals surface area contributed by atoms with Gasteiger partial charge in [-0.15, -0.1) is 0 Å². The van der Waals surface area contributed by atoms with Crippen LogP contribution in [-0.2, 0) is 4.79 Å². The number of rotatable bonds is 4. The Morgan fingerprint density at radius 3 is 2.64 bits per heavy atom. The largest absolute Gasteiger partial charge is 0.341 e. The molecule has 0 aliphatic carbocycles. The number of hydrogen-bond acceptors (Lipinski definition) is 4. The van der Waals surface area contributed by atoms with Gasteiger partial charge in [0.2, 0.25) is 5.91 Å². The van der Waals surface area contributed by atoms with Crippen LogP contribution in [-0.4, -0.2) is 34.2 Å². The Morgan fingerprint density at radius 2 is 2.00 bits per heavy atom. The van der Waals surface area contributed by atoms with Crippen LogP contribution in [0, 0.1) is 5.82 Å². The van der Waals surface area contributed by atoms with Crippen molar-refractivity contribution in [2.24, 2.45) is 0 Å². The molecule has 0 aliphatic heterocycles. The van der Waals surface area contributed by atoms with E-state index >= 15 is 0 Å². The predicted molar refractivity (Wildman–Crippen MR) is 81.9 cm³/mol. The van der Waals surface area contributed by atoms with E-state index in [4.69, 9.17) is 0 Å². The first-order valence-corrected chi connectivity index (χ1v) is 7.37. The molecule has 1 heterocycles. The summed E-state index contributed by atoms with van der Waals surface area (Å²) in [6, 6.07) is 5.45. The first-order chi connectivity index (χ1) is 10.5. The van der Waals surface area contributed by atoms with Gasteiger partial charge in [0, 0.05) is 7.05 Å². The summed E-state index contributed by atoms with van der Waals surface area (Å²) in [5.41, 5.74) is 1.52. The molecule has 0 saturated carbocycles. The summed E-state index contributed by atoms with van der Waals surface area (Å²) in [6.45, 7) is 1.67. The Labute approximate surface area is 130 Å². The summed E-state index contributed by atoms with van der Waals surface area (Å²) < 4.78 is 12.9. The van der Waals surface area contributed by atoms with Crippen LogP contribution in [0.4, 0.5) is 9.18 Å². The number of carbonyl (C=O) groups excluding carboxylic acids is 2. The molecule has 8 heteroatoms. The molecule has 3 N–H and O–H groups in total. The molecule has 0 saturated heterocycles. The van der Waals surface area contributed by atoms with Crippen molar-refractivity contribution in [1.82, 2.24) is 20.6 Å². The van der Waals surface area contributed by atoms with Gasteiger partial charge in [-0.2, -0.15) is 0 Å². The molecule has 0 radical (unpaired) electrons. The van der Waals surface area contributed by atoms with E-state index in [2.05, 4.69) is 20.6 Å². The molecule has 3 amide bonds.